The molecule has 0 aliphatic heterocycles. The van der Waals surface area contributed by atoms with Crippen LogP contribution in [0.15, 0.2) is 12.2 Å². The molecule has 0 aliphatic rings. The van der Waals surface area contributed by atoms with Crippen LogP contribution >= 0.6 is 0 Å². The number of carbonyl (C=O) groups is 1. The van der Waals surface area contributed by atoms with E-state index < -0.39 is 12.1 Å². The van der Waals surface area contributed by atoms with Gasteiger partial charge in [-0.1, -0.05) is 76.9 Å². The van der Waals surface area contributed by atoms with Gasteiger partial charge in [0.2, 0.25) is 0 Å². The smallest absolute Gasteiger partial charge is 0.332 e. The standard InChI is InChI=1S/C19H36O3/c1-2-3-4-5-6-7-8-9-10-11-12-13-14-15-16-17-18(20)19(21)22/h6-7,18,20H,2-5,8-17H2,1H3,(H,21,22). The Bertz CT molecular complexity index is 274. The van der Waals surface area contributed by atoms with Gasteiger partial charge in [-0.15, -0.1) is 0 Å². The quantitative estimate of drug-likeness (QED) is 0.293. The molecule has 0 fully saturated rings. The van der Waals surface area contributed by atoms with Gasteiger partial charge in [-0.2, -0.15) is 0 Å². The second-order valence-corrected chi connectivity index (χ2v) is 6.23. The molecule has 3 heteroatoms. The predicted octanol–water partition coefficient (Wildman–Crippen LogP) is 5.47. The van der Waals surface area contributed by atoms with Gasteiger partial charge in [-0.05, 0) is 32.1 Å². The maximum Gasteiger partial charge on any atom is 0.332 e. The van der Waals surface area contributed by atoms with Crippen LogP contribution in [0.1, 0.15) is 96.8 Å². The largest absolute Gasteiger partial charge is 0.479 e. The fourth-order valence-corrected chi connectivity index (χ4v) is 2.53. The summed E-state index contributed by atoms with van der Waals surface area (Å²) in [4.78, 5) is 10.4. The summed E-state index contributed by atoms with van der Waals surface area (Å²) < 4.78 is 0. The Morgan fingerprint density at radius 3 is 1.77 bits per heavy atom. The first-order chi connectivity index (χ1) is 10.7. The molecule has 0 aliphatic carbocycles. The summed E-state index contributed by atoms with van der Waals surface area (Å²) in [5.74, 6) is -1.10. The Kier molecular flexibility index (Phi) is 15.9. The van der Waals surface area contributed by atoms with Crippen molar-refractivity contribution in [1.29, 1.82) is 0 Å². The van der Waals surface area contributed by atoms with Gasteiger partial charge in [0.25, 0.3) is 0 Å². The van der Waals surface area contributed by atoms with E-state index in [1.165, 1.54) is 64.2 Å². The van der Waals surface area contributed by atoms with Crippen molar-refractivity contribution in [2.45, 2.75) is 103 Å². The van der Waals surface area contributed by atoms with Crippen molar-refractivity contribution < 1.29 is 15.0 Å². The normalized spacial score (nSPS) is 12.8. The third kappa shape index (κ3) is 15.6. The van der Waals surface area contributed by atoms with Gasteiger partial charge < -0.3 is 10.2 Å². The molecule has 0 heterocycles. The molecular formula is C19H36O3. The summed E-state index contributed by atoms with van der Waals surface area (Å²) in [5.41, 5.74) is 0. The molecule has 0 aromatic heterocycles. The van der Waals surface area contributed by atoms with Gasteiger partial charge in [0.1, 0.15) is 0 Å². The molecule has 0 aromatic rings. The van der Waals surface area contributed by atoms with E-state index in [2.05, 4.69) is 19.1 Å². The summed E-state index contributed by atoms with van der Waals surface area (Å²) in [6.45, 7) is 2.24. The second-order valence-electron chi connectivity index (χ2n) is 6.23. The lowest BCUT2D eigenvalue weighted by Crippen LogP contribution is -2.18. The number of rotatable bonds is 16. The van der Waals surface area contributed by atoms with Crippen LogP contribution in [-0.4, -0.2) is 22.3 Å². The molecule has 1 atom stereocenters. The van der Waals surface area contributed by atoms with E-state index in [0.717, 1.165) is 19.3 Å². The van der Waals surface area contributed by atoms with E-state index in [0.29, 0.717) is 6.42 Å². The highest BCUT2D eigenvalue weighted by molar-refractivity contribution is 5.71. The molecule has 0 spiro atoms. The Morgan fingerprint density at radius 2 is 1.27 bits per heavy atom. The van der Waals surface area contributed by atoms with E-state index in [1.54, 1.807) is 0 Å². The summed E-state index contributed by atoms with van der Waals surface area (Å²) >= 11 is 0. The topological polar surface area (TPSA) is 57.5 Å². The molecule has 0 saturated heterocycles. The molecule has 130 valence electrons. The first kappa shape index (κ1) is 21.2. The third-order valence-corrected chi connectivity index (χ3v) is 4.02. The molecule has 2 N–H and O–H groups in total. The first-order valence-corrected chi connectivity index (χ1v) is 9.24. The number of aliphatic carboxylic acids is 1. The molecule has 1 unspecified atom stereocenters. The van der Waals surface area contributed by atoms with Gasteiger partial charge >= 0.3 is 5.97 Å². The SMILES string of the molecule is CCCCCC=CCCCCCCCCCCC(O)C(=O)O. The molecule has 0 bridgehead atoms. The third-order valence-electron chi connectivity index (χ3n) is 4.02. The molecular weight excluding hydrogens is 276 g/mol. The fourth-order valence-electron chi connectivity index (χ4n) is 2.53. The Balaban J connectivity index is 3.13. The average molecular weight is 312 g/mol. The van der Waals surface area contributed by atoms with Gasteiger partial charge in [0.15, 0.2) is 6.10 Å². The van der Waals surface area contributed by atoms with Crippen molar-refractivity contribution in [2.75, 3.05) is 0 Å². The van der Waals surface area contributed by atoms with Crippen LogP contribution in [0.2, 0.25) is 0 Å². The minimum absolute atomic E-state index is 0.389. The molecule has 0 aromatic carbocycles. The Hall–Kier alpha value is -0.830. The highest BCUT2D eigenvalue weighted by Gasteiger charge is 2.11. The highest BCUT2D eigenvalue weighted by atomic mass is 16.4. The Labute approximate surface area is 136 Å². The van der Waals surface area contributed by atoms with Crippen LogP contribution in [0, 0.1) is 0 Å². The zero-order chi connectivity index (χ0) is 16.5. The summed E-state index contributed by atoms with van der Waals surface area (Å²) in [6, 6.07) is 0. The molecule has 0 saturated carbocycles. The lowest BCUT2D eigenvalue weighted by molar-refractivity contribution is -0.146. The average Bonchev–Trinajstić information content (AvgIpc) is 2.50. The zero-order valence-corrected chi connectivity index (χ0v) is 14.4. The number of allylic oxidation sites excluding steroid dienone is 2. The lowest BCUT2D eigenvalue weighted by atomic mass is 10.0. The summed E-state index contributed by atoms with van der Waals surface area (Å²) in [6.07, 6.45) is 19.8. The maximum atomic E-state index is 10.4. The van der Waals surface area contributed by atoms with Crippen LogP contribution in [0.5, 0.6) is 0 Å². The van der Waals surface area contributed by atoms with E-state index in [9.17, 15) is 4.79 Å². The number of unbranched alkanes of at least 4 members (excludes halogenated alkanes) is 11. The van der Waals surface area contributed by atoms with Crippen molar-refractivity contribution in [3.63, 3.8) is 0 Å². The monoisotopic (exact) mass is 312 g/mol. The highest BCUT2D eigenvalue weighted by Crippen LogP contribution is 2.12. The fraction of sp³-hybridized carbons (Fsp3) is 0.842. The first-order valence-electron chi connectivity index (χ1n) is 9.24. The lowest BCUT2D eigenvalue weighted by Gasteiger charge is -2.05. The zero-order valence-electron chi connectivity index (χ0n) is 14.4. The minimum Gasteiger partial charge on any atom is -0.479 e. The van der Waals surface area contributed by atoms with Crippen molar-refractivity contribution in [1.82, 2.24) is 0 Å². The van der Waals surface area contributed by atoms with Crippen molar-refractivity contribution in [3.8, 4) is 0 Å². The minimum atomic E-state index is -1.17. The number of carboxylic acids is 1. The van der Waals surface area contributed by atoms with Gasteiger partial charge in [-0.25, -0.2) is 4.79 Å². The summed E-state index contributed by atoms with van der Waals surface area (Å²) in [7, 11) is 0. The van der Waals surface area contributed by atoms with Gasteiger partial charge in [-0.3, -0.25) is 0 Å². The van der Waals surface area contributed by atoms with Crippen molar-refractivity contribution in [2.24, 2.45) is 0 Å². The molecule has 0 radical (unpaired) electrons. The van der Waals surface area contributed by atoms with E-state index in [-0.39, 0.29) is 0 Å². The van der Waals surface area contributed by atoms with E-state index in [4.69, 9.17) is 10.2 Å². The molecule has 0 rings (SSSR count). The number of aliphatic hydroxyl groups excluding tert-OH is 1. The number of hydrogen-bond donors (Lipinski definition) is 2. The molecule has 3 nitrogen and oxygen atoms in total. The van der Waals surface area contributed by atoms with Crippen LogP contribution in [-0.2, 0) is 4.79 Å². The van der Waals surface area contributed by atoms with Crippen LogP contribution < -0.4 is 0 Å². The maximum absolute atomic E-state index is 10.4. The van der Waals surface area contributed by atoms with Crippen LogP contribution in [0.3, 0.4) is 0 Å². The predicted molar refractivity (Wildman–Crippen MR) is 93.1 cm³/mol. The second kappa shape index (κ2) is 16.5. The van der Waals surface area contributed by atoms with Crippen molar-refractivity contribution >= 4 is 5.97 Å². The number of hydrogen-bond acceptors (Lipinski definition) is 2. The van der Waals surface area contributed by atoms with E-state index in [1.807, 2.05) is 0 Å². The molecule has 0 amide bonds. The number of aliphatic hydroxyl groups is 1. The van der Waals surface area contributed by atoms with Crippen LogP contribution in [0.4, 0.5) is 0 Å². The number of carboxylic acid groups (broad SMARTS) is 1. The Morgan fingerprint density at radius 1 is 0.818 bits per heavy atom. The van der Waals surface area contributed by atoms with Gasteiger partial charge in [0, 0.05) is 0 Å². The van der Waals surface area contributed by atoms with Crippen LogP contribution in [0.25, 0.3) is 0 Å². The molecule has 22 heavy (non-hydrogen) atoms. The van der Waals surface area contributed by atoms with Crippen molar-refractivity contribution in [3.05, 3.63) is 12.2 Å². The summed E-state index contributed by atoms with van der Waals surface area (Å²) in [5, 5.41) is 17.7. The van der Waals surface area contributed by atoms with E-state index >= 15 is 0 Å². The van der Waals surface area contributed by atoms with Gasteiger partial charge in [0.05, 0.1) is 0 Å².